The van der Waals surface area contributed by atoms with E-state index in [0.717, 1.165) is 15.4 Å². The quantitative estimate of drug-likeness (QED) is 0.408. The van der Waals surface area contributed by atoms with Crippen molar-refractivity contribution in [3.63, 3.8) is 0 Å². The van der Waals surface area contributed by atoms with Crippen LogP contribution in [0, 0.1) is 0 Å². The summed E-state index contributed by atoms with van der Waals surface area (Å²) in [6.45, 7) is 0. The number of carbonyl (C=O) groups is 1. The Kier molecular flexibility index (Phi) is 7.18. The molecule has 0 heterocycles. The summed E-state index contributed by atoms with van der Waals surface area (Å²) < 4.78 is 30.8. The molecule has 1 atom stereocenters. The average Bonchev–Trinajstić information content (AvgIpc) is 2.75. The third-order valence-corrected chi connectivity index (χ3v) is 7.48. The molecule has 0 spiro atoms. The van der Waals surface area contributed by atoms with Crippen LogP contribution in [0.3, 0.4) is 0 Å². The standard InChI is InChI=1S/C23H23NO4S2/c1-28-23(25)15-18(17-5-3-2-4-6-17)16-30(26,27)22-13-11-21(12-14-22)29-20-9-7-19(24)8-10-20/h2-14,18H,15-16,24H2,1H3. The molecule has 0 aliphatic carbocycles. The summed E-state index contributed by atoms with van der Waals surface area (Å²) in [6.07, 6.45) is 0.00478. The van der Waals surface area contributed by atoms with Crippen LogP contribution in [0.15, 0.2) is 93.5 Å². The van der Waals surface area contributed by atoms with Gasteiger partial charge in [-0.15, -0.1) is 0 Å². The summed E-state index contributed by atoms with van der Waals surface area (Å²) in [5.74, 6) is -1.09. The molecule has 156 valence electrons. The van der Waals surface area contributed by atoms with E-state index < -0.39 is 21.7 Å². The molecule has 3 aromatic carbocycles. The molecule has 3 aromatic rings. The number of methoxy groups -OCH3 is 1. The molecule has 0 radical (unpaired) electrons. The van der Waals surface area contributed by atoms with Gasteiger partial charge in [0.25, 0.3) is 0 Å². The van der Waals surface area contributed by atoms with Crippen LogP contribution in [0.4, 0.5) is 5.69 Å². The number of benzene rings is 3. The fourth-order valence-corrected chi connectivity index (χ4v) is 5.43. The molecule has 0 saturated heterocycles. The van der Waals surface area contributed by atoms with Gasteiger partial charge in [0.15, 0.2) is 9.84 Å². The predicted molar refractivity (Wildman–Crippen MR) is 119 cm³/mol. The molecule has 0 aromatic heterocycles. The van der Waals surface area contributed by atoms with E-state index >= 15 is 0 Å². The largest absolute Gasteiger partial charge is 0.469 e. The lowest BCUT2D eigenvalue weighted by molar-refractivity contribution is -0.140. The number of carbonyl (C=O) groups excluding carboxylic acids is 1. The minimum absolute atomic E-state index is 0.00478. The van der Waals surface area contributed by atoms with Crippen molar-refractivity contribution in [2.75, 3.05) is 18.6 Å². The lowest BCUT2D eigenvalue weighted by atomic mass is 9.98. The summed E-state index contributed by atoms with van der Waals surface area (Å²) in [5.41, 5.74) is 7.19. The van der Waals surface area contributed by atoms with Gasteiger partial charge in [-0.05, 0) is 54.1 Å². The van der Waals surface area contributed by atoms with Crippen molar-refractivity contribution in [2.45, 2.75) is 27.0 Å². The fourth-order valence-electron chi connectivity index (χ4n) is 3.03. The van der Waals surface area contributed by atoms with Crippen LogP contribution < -0.4 is 5.73 Å². The predicted octanol–water partition coefficient (Wildman–Crippen LogP) is 4.54. The zero-order chi connectivity index (χ0) is 21.6. The highest BCUT2D eigenvalue weighted by Crippen LogP contribution is 2.30. The van der Waals surface area contributed by atoms with Gasteiger partial charge >= 0.3 is 5.97 Å². The van der Waals surface area contributed by atoms with Gasteiger partial charge in [-0.1, -0.05) is 42.1 Å². The molecule has 0 amide bonds. The van der Waals surface area contributed by atoms with Crippen molar-refractivity contribution in [2.24, 2.45) is 0 Å². The van der Waals surface area contributed by atoms with Crippen molar-refractivity contribution < 1.29 is 17.9 Å². The molecule has 5 nitrogen and oxygen atoms in total. The van der Waals surface area contributed by atoms with E-state index in [1.165, 1.54) is 18.9 Å². The highest BCUT2D eigenvalue weighted by molar-refractivity contribution is 7.99. The molecule has 0 fully saturated rings. The van der Waals surface area contributed by atoms with Crippen molar-refractivity contribution in [1.82, 2.24) is 0 Å². The smallest absolute Gasteiger partial charge is 0.306 e. The minimum Gasteiger partial charge on any atom is -0.469 e. The number of anilines is 1. The average molecular weight is 442 g/mol. The number of nitrogens with two attached hydrogens (primary N) is 1. The Morgan fingerprint density at radius 3 is 2.07 bits per heavy atom. The Bertz CT molecular complexity index is 1080. The number of ether oxygens (including phenoxy) is 1. The van der Waals surface area contributed by atoms with Gasteiger partial charge < -0.3 is 10.5 Å². The number of hydrogen-bond acceptors (Lipinski definition) is 6. The monoisotopic (exact) mass is 441 g/mol. The zero-order valence-electron chi connectivity index (χ0n) is 16.5. The number of hydrogen-bond donors (Lipinski definition) is 1. The van der Waals surface area contributed by atoms with Crippen molar-refractivity contribution in [3.8, 4) is 0 Å². The third kappa shape index (κ3) is 5.87. The Morgan fingerprint density at radius 2 is 1.50 bits per heavy atom. The Hall–Kier alpha value is -2.77. The normalized spacial score (nSPS) is 12.3. The van der Waals surface area contributed by atoms with E-state index in [1.807, 2.05) is 54.6 Å². The van der Waals surface area contributed by atoms with Crippen molar-refractivity contribution in [3.05, 3.63) is 84.4 Å². The fraction of sp³-hybridized carbons (Fsp3) is 0.174. The van der Waals surface area contributed by atoms with Crippen LogP contribution in [0.2, 0.25) is 0 Å². The van der Waals surface area contributed by atoms with Crippen LogP contribution in [-0.4, -0.2) is 27.2 Å². The number of sulfone groups is 1. The van der Waals surface area contributed by atoms with Gasteiger partial charge in [0.1, 0.15) is 0 Å². The highest BCUT2D eigenvalue weighted by Gasteiger charge is 2.25. The SMILES string of the molecule is COC(=O)CC(CS(=O)(=O)c1ccc(Sc2ccc(N)cc2)cc1)c1ccccc1. The second-order valence-corrected chi connectivity index (χ2v) is 9.99. The van der Waals surface area contributed by atoms with Gasteiger partial charge in [0.2, 0.25) is 0 Å². The first-order chi connectivity index (χ1) is 14.4. The van der Waals surface area contributed by atoms with E-state index in [2.05, 4.69) is 0 Å². The van der Waals surface area contributed by atoms with E-state index in [4.69, 9.17) is 10.5 Å². The van der Waals surface area contributed by atoms with E-state index in [-0.39, 0.29) is 17.1 Å². The van der Waals surface area contributed by atoms with Crippen LogP contribution >= 0.6 is 11.8 Å². The molecule has 0 aliphatic heterocycles. The summed E-state index contributed by atoms with van der Waals surface area (Å²) in [6, 6.07) is 23.4. The molecule has 2 N–H and O–H groups in total. The molecule has 0 aliphatic rings. The summed E-state index contributed by atoms with van der Waals surface area (Å²) >= 11 is 1.53. The Morgan fingerprint density at radius 1 is 0.933 bits per heavy atom. The summed E-state index contributed by atoms with van der Waals surface area (Å²) in [5, 5.41) is 0. The molecule has 7 heteroatoms. The molecule has 30 heavy (non-hydrogen) atoms. The maximum Gasteiger partial charge on any atom is 0.306 e. The first-order valence-electron chi connectivity index (χ1n) is 9.35. The number of esters is 1. The number of rotatable bonds is 8. The van der Waals surface area contributed by atoms with E-state index in [9.17, 15) is 13.2 Å². The second kappa shape index (κ2) is 9.82. The van der Waals surface area contributed by atoms with Crippen LogP contribution in [0.1, 0.15) is 17.9 Å². The lowest BCUT2D eigenvalue weighted by Crippen LogP contribution is -2.18. The minimum atomic E-state index is -3.59. The first kappa shape index (κ1) is 21.9. The number of nitrogen functional groups attached to an aromatic ring is 1. The molecular weight excluding hydrogens is 418 g/mol. The van der Waals surface area contributed by atoms with Crippen LogP contribution in [-0.2, 0) is 19.4 Å². The van der Waals surface area contributed by atoms with Crippen LogP contribution in [0.5, 0.6) is 0 Å². The van der Waals surface area contributed by atoms with E-state index in [1.54, 1.807) is 24.3 Å². The lowest BCUT2D eigenvalue weighted by Gasteiger charge is -2.17. The van der Waals surface area contributed by atoms with Gasteiger partial charge in [-0.2, -0.15) is 0 Å². The molecular formula is C23H23NO4S2. The van der Waals surface area contributed by atoms with Gasteiger partial charge in [-0.25, -0.2) is 8.42 Å². The summed E-state index contributed by atoms with van der Waals surface area (Å²) in [4.78, 5) is 14.0. The van der Waals surface area contributed by atoms with Gasteiger partial charge in [0.05, 0.1) is 24.2 Å². The van der Waals surface area contributed by atoms with Crippen LogP contribution in [0.25, 0.3) is 0 Å². The molecule has 3 rings (SSSR count). The summed E-state index contributed by atoms with van der Waals surface area (Å²) in [7, 11) is -2.29. The Balaban J connectivity index is 1.77. The third-order valence-electron chi connectivity index (χ3n) is 4.63. The Labute approximate surface area is 181 Å². The zero-order valence-corrected chi connectivity index (χ0v) is 18.2. The topological polar surface area (TPSA) is 86.5 Å². The molecule has 0 bridgehead atoms. The second-order valence-electron chi connectivity index (χ2n) is 6.81. The first-order valence-corrected chi connectivity index (χ1v) is 11.8. The molecule has 0 saturated carbocycles. The van der Waals surface area contributed by atoms with Gasteiger partial charge in [0, 0.05) is 21.4 Å². The maximum atomic E-state index is 13.0. The van der Waals surface area contributed by atoms with Gasteiger partial charge in [-0.3, -0.25) is 4.79 Å². The highest BCUT2D eigenvalue weighted by atomic mass is 32.2. The van der Waals surface area contributed by atoms with Crippen molar-refractivity contribution >= 4 is 33.3 Å². The molecule has 1 unspecified atom stereocenters. The maximum absolute atomic E-state index is 13.0. The van der Waals surface area contributed by atoms with Crippen molar-refractivity contribution in [1.29, 1.82) is 0 Å². The van der Waals surface area contributed by atoms with E-state index in [0.29, 0.717) is 5.69 Å².